The first kappa shape index (κ1) is 30.7. The molecule has 0 amide bonds. The fraction of sp³-hybridized carbons (Fsp3) is 0.125. The van der Waals surface area contributed by atoms with Crippen molar-refractivity contribution in [3.8, 4) is 44.5 Å². The van der Waals surface area contributed by atoms with E-state index in [0.29, 0.717) is 0 Å². The molecule has 238 valence electrons. The van der Waals surface area contributed by atoms with Gasteiger partial charge in [-0.15, -0.1) is 0 Å². The predicted octanol–water partition coefficient (Wildman–Crippen LogP) is 13.4. The molecule has 0 N–H and O–H groups in total. The molecule has 0 unspecified atom stereocenters. The Morgan fingerprint density at radius 2 is 1.04 bits per heavy atom. The molecule has 0 atom stereocenters. The largest absolute Gasteiger partial charge is 0.309 e. The summed E-state index contributed by atoms with van der Waals surface area (Å²) in [5.41, 5.74) is 17.4. The van der Waals surface area contributed by atoms with E-state index in [4.69, 9.17) is 0 Å². The Balaban J connectivity index is 1.40. The van der Waals surface area contributed by atoms with Crippen LogP contribution in [0.25, 0.3) is 44.5 Å². The van der Waals surface area contributed by atoms with E-state index in [1.807, 2.05) is 0 Å². The summed E-state index contributed by atoms with van der Waals surface area (Å²) in [6, 6.07) is 62.5. The SMILES string of the molecule is CCCc1cccc(-c2cc(-c3ccccc3)ccc2N(c2ccc(-c3ccccc3)cc2)c2cccc3c2-c2ccccc2C3(C)C)c1. The molecule has 7 aromatic carbocycles. The van der Waals surface area contributed by atoms with Crippen molar-refractivity contribution in [2.75, 3.05) is 4.90 Å². The summed E-state index contributed by atoms with van der Waals surface area (Å²) in [7, 11) is 0. The maximum absolute atomic E-state index is 2.50. The zero-order valence-electron chi connectivity index (χ0n) is 28.5. The molecule has 0 radical (unpaired) electrons. The number of anilines is 3. The molecule has 1 aliphatic rings. The Hall–Kier alpha value is -5.66. The van der Waals surface area contributed by atoms with E-state index in [0.717, 1.165) is 24.2 Å². The fourth-order valence-electron chi connectivity index (χ4n) is 7.72. The second kappa shape index (κ2) is 12.7. The van der Waals surface area contributed by atoms with Crippen LogP contribution in [0.4, 0.5) is 17.1 Å². The van der Waals surface area contributed by atoms with Crippen LogP contribution >= 0.6 is 0 Å². The molecule has 0 aliphatic heterocycles. The summed E-state index contributed by atoms with van der Waals surface area (Å²) < 4.78 is 0. The van der Waals surface area contributed by atoms with E-state index < -0.39 is 0 Å². The van der Waals surface area contributed by atoms with E-state index in [2.05, 4.69) is 196 Å². The molecular formula is C48H41N. The molecule has 0 saturated heterocycles. The summed E-state index contributed by atoms with van der Waals surface area (Å²) >= 11 is 0. The van der Waals surface area contributed by atoms with Crippen LogP contribution in [0, 0.1) is 0 Å². The highest BCUT2D eigenvalue weighted by Crippen LogP contribution is 2.55. The van der Waals surface area contributed by atoms with Crippen molar-refractivity contribution in [2.24, 2.45) is 0 Å². The molecule has 0 fully saturated rings. The van der Waals surface area contributed by atoms with Crippen molar-refractivity contribution in [3.05, 3.63) is 187 Å². The Kier molecular flexibility index (Phi) is 7.98. The number of rotatable bonds is 8. The van der Waals surface area contributed by atoms with Gasteiger partial charge in [0, 0.05) is 22.2 Å². The molecule has 0 spiro atoms. The van der Waals surface area contributed by atoms with E-state index in [1.165, 1.54) is 66.9 Å². The van der Waals surface area contributed by atoms with Gasteiger partial charge in [0.2, 0.25) is 0 Å². The molecule has 0 aromatic heterocycles. The third-order valence-electron chi connectivity index (χ3n) is 10.2. The van der Waals surface area contributed by atoms with Gasteiger partial charge in [-0.1, -0.05) is 167 Å². The second-order valence-electron chi connectivity index (χ2n) is 13.7. The van der Waals surface area contributed by atoms with Crippen LogP contribution in [0.15, 0.2) is 170 Å². The van der Waals surface area contributed by atoms with Crippen LogP contribution in [-0.2, 0) is 11.8 Å². The van der Waals surface area contributed by atoms with Crippen LogP contribution in [0.2, 0.25) is 0 Å². The Labute approximate surface area is 291 Å². The summed E-state index contributed by atoms with van der Waals surface area (Å²) in [5, 5.41) is 0. The number of nitrogens with zero attached hydrogens (tertiary/aromatic N) is 1. The van der Waals surface area contributed by atoms with E-state index in [1.54, 1.807) is 0 Å². The van der Waals surface area contributed by atoms with Gasteiger partial charge < -0.3 is 4.90 Å². The molecule has 1 nitrogen and oxygen atoms in total. The smallest absolute Gasteiger partial charge is 0.0543 e. The minimum Gasteiger partial charge on any atom is -0.309 e. The van der Waals surface area contributed by atoms with Crippen LogP contribution in [0.3, 0.4) is 0 Å². The summed E-state index contributed by atoms with van der Waals surface area (Å²) in [6.45, 7) is 6.98. The van der Waals surface area contributed by atoms with Crippen molar-refractivity contribution in [3.63, 3.8) is 0 Å². The highest BCUT2D eigenvalue weighted by atomic mass is 15.1. The first-order valence-corrected chi connectivity index (χ1v) is 17.5. The lowest BCUT2D eigenvalue weighted by Gasteiger charge is -2.31. The highest BCUT2D eigenvalue weighted by molar-refractivity contribution is 5.98. The van der Waals surface area contributed by atoms with Gasteiger partial charge in [0.05, 0.1) is 11.4 Å². The van der Waals surface area contributed by atoms with Gasteiger partial charge in [0.25, 0.3) is 0 Å². The van der Waals surface area contributed by atoms with E-state index in [9.17, 15) is 0 Å². The summed E-state index contributed by atoms with van der Waals surface area (Å²) in [6.07, 6.45) is 2.18. The first-order valence-electron chi connectivity index (χ1n) is 17.5. The third kappa shape index (κ3) is 5.56. The maximum atomic E-state index is 2.50. The predicted molar refractivity (Wildman–Crippen MR) is 209 cm³/mol. The summed E-state index contributed by atoms with van der Waals surface area (Å²) in [4.78, 5) is 2.50. The van der Waals surface area contributed by atoms with Crippen molar-refractivity contribution in [1.29, 1.82) is 0 Å². The summed E-state index contributed by atoms with van der Waals surface area (Å²) in [5.74, 6) is 0. The molecular weight excluding hydrogens is 591 g/mol. The molecule has 7 aromatic rings. The van der Waals surface area contributed by atoms with Crippen molar-refractivity contribution < 1.29 is 0 Å². The molecule has 0 heterocycles. The lowest BCUT2D eigenvalue weighted by molar-refractivity contribution is 0.660. The van der Waals surface area contributed by atoms with Crippen molar-refractivity contribution >= 4 is 17.1 Å². The van der Waals surface area contributed by atoms with Gasteiger partial charge in [0.15, 0.2) is 0 Å². The fourth-order valence-corrected chi connectivity index (χ4v) is 7.72. The van der Waals surface area contributed by atoms with Gasteiger partial charge >= 0.3 is 0 Å². The average molecular weight is 632 g/mol. The lowest BCUT2D eigenvalue weighted by Crippen LogP contribution is -2.16. The number of benzene rings is 7. The van der Waals surface area contributed by atoms with Crippen LogP contribution in [0.1, 0.15) is 43.9 Å². The minimum atomic E-state index is -0.0980. The van der Waals surface area contributed by atoms with Gasteiger partial charge in [-0.05, 0) is 86.8 Å². The number of aryl methyl sites for hydroxylation is 1. The minimum absolute atomic E-state index is 0.0980. The molecule has 1 heteroatoms. The average Bonchev–Trinajstić information content (AvgIpc) is 3.40. The number of hydrogen-bond acceptors (Lipinski definition) is 1. The van der Waals surface area contributed by atoms with E-state index in [-0.39, 0.29) is 5.41 Å². The quantitative estimate of drug-likeness (QED) is 0.161. The number of fused-ring (bicyclic) bond motifs is 3. The van der Waals surface area contributed by atoms with Crippen molar-refractivity contribution in [2.45, 2.75) is 39.0 Å². The normalized spacial score (nSPS) is 12.7. The van der Waals surface area contributed by atoms with Crippen LogP contribution < -0.4 is 4.90 Å². The van der Waals surface area contributed by atoms with Gasteiger partial charge in [-0.2, -0.15) is 0 Å². The third-order valence-corrected chi connectivity index (χ3v) is 10.2. The highest BCUT2D eigenvalue weighted by Gasteiger charge is 2.38. The second-order valence-corrected chi connectivity index (χ2v) is 13.7. The zero-order valence-corrected chi connectivity index (χ0v) is 28.5. The maximum Gasteiger partial charge on any atom is 0.0543 e. The van der Waals surface area contributed by atoms with Gasteiger partial charge in [-0.3, -0.25) is 0 Å². The molecule has 0 saturated carbocycles. The van der Waals surface area contributed by atoms with Crippen LogP contribution in [0.5, 0.6) is 0 Å². The van der Waals surface area contributed by atoms with Crippen molar-refractivity contribution in [1.82, 2.24) is 0 Å². The first-order chi connectivity index (χ1) is 24.0. The standard InChI is InChI=1S/C48H41N/c1-4-15-34-16-13-21-39(32-34)42-33-38(36-19-9-6-10-20-36)28-31-45(42)49(40-29-26-37(27-30-40)35-17-7-5-8-18-35)46-25-14-24-44-47(46)41-22-11-12-23-43(41)48(44,2)3/h5-14,16-33H,4,15H2,1-3H3. The van der Waals surface area contributed by atoms with E-state index >= 15 is 0 Å². The topological polar surface area (TPSA) is 3.24 Å². The Morgan fingerprint density at radius 3 is 1.78 bits per heavy atom. The molecule has 49 heavy (non-hydrogen) atoms. The molecule has 1 aliphatic carbocycles. The van der Waals surface area contributed by atoms with Gasteiger partial charge in [0.1, 0.15) is 0 Å². The molecule has 8 rings (SSSR count). The number of hydrogen-bond donors (Lipinski definition) is 0. The van der Waals surface area contributed by atoms with Gasteiger partial charge in [-0.25, -0.2) is 0 Å². The molecule has 0 bridgehead atoms. The Bertz CT molecular complexity index is 2240. The monoisotopic (exact) mass is 631 g/mol. The lowest BCUT2D eigenvalue weighted by atomic mass is 9.82. The van der Waals surface area contributed by atoms with Crippen LogP contribution in [-0.4, -0.2) is 0 Å². The Morgan fingerprint density at radius 1 is 0.449 bits per heavy atom. The zero-order chi connectivity index (χ0) is 33.4.